The Kier molecular flexibility index (Phi) is 5.82. The van der Waals surface area contributed by atoms with Gasteiger partial charge in [0.15, 0.2) is 0 Å². The average Bonchev–Trinajstić information content (AvgIpc) is 2.85. The number of hydrogen-bond donors (Lipinski definition) is 1. The van der Waals surface area contributed by atoms with Gasteiger partial charge in [0.2, 0.25) is 0 Å². The summed E-state index contributed by atoms with van der Waals surface area (Å²) in [6.07, 6.45) is 7.88. The summed E-state index contributed by atoms with van der Waals surface area (Å²) in [6.45, 7) is 5.45. The van der Waals surface area contributed by atoms with Gasteiger partial charge in [-0.1, -0.05) is 43.2 Å². The highest BCUT2D eigenvalue weighted by molar-refractivity contribution is 5.82. The monoisotopic (exact) mass is 413 g/mol. The summed E-state index contributed by atoms with van der Waals surface area (Å²) >= 11 is 0. The van der Waals surface area contributed by atoms with E-state index in [9.17, 15) is 9.59 Å². The molecule has 4 saturated carbocycles. The van der Waals surface area contributed by atoms with Crippen molar-refractivity contribution in [2.45, 2.75) is 89.4 Å². The van der Waals surface area contributed by atoms with E-state index < -0.39 is 17.7 Å². The Hall–Kier alpha value is -2.04. The Morgan fingerprint density at radius 1 is 1.03 bits per heavy atom. The molecule has 0 saturated heterocycles. The SMILES string of the molecule is CC(C)(C)OC(=O)NC(Cc1ccccc1)C(=O)OC12CC3CCC(CC(C3)C1)C2. The molecule has 4 aliphatic rings. The van der Waals surface area contributed by atoms with E-state index in [4.69, 9.17) is 9.47 Å². The zero-order chi connectivity index (χ0) is 21.4. The summed E-state index contributed by atoms with van der Waals surface area (Å²) in [5.74, 6) is 1.71. The molecule has 5 heteroatoms. The number of carbonyl (C=O) groups excluding carboxylic acids is 2. The van der Waals surface area contributed by atoms with E-state index in [-0.39, 0.29) is 11.6 Å². The van der Waals surface area contributed by atoms with E-state index in [1.54, 1.807) is 0 Å². The molecule has 4 fully saturated rings. The Morgan fingerprint density at radius 2 is 1.63 bits per heavy atom. The molecule has 5 nitrogen and oxygen atoms in total. The minimum atomic E-state index is -0.753. The zero-order valence-electron chi connectivity index (χ0n) is 18.5. The first-order chi connectivity index (χ1) is 14.2. The van der Waals surface area contributed by atoms with Crippen LogP contribution in [0.3, 0.4) is 0 Å². The third-order valence-corrected chi connectivity index (χ3v) is 6.87. The van der Waals surface area contributed by atoms with Gasteiger partial charge in [-0.25, -0.2) is 9.59 Å². The normalized spacial score (nSPS) is 31.0. The molecule has 1 aromatic rings. The molecule has 5 rings (SSSR count). The van der Waals surface area contributed by atoms with E-state index >= 15 is 0 Å². The number of hydrogen-bond acceptors (Lipinski definition) is 4. The van der Waals surface area contributed by atoms with Crippen molar-refractivity contribution in [2.75, 3.05) is 0 Å². The van der Waals surface area contributed by atoms with Crippen LogP contribution in [0.2, 0.25) is 0 Å². The van der Waals surface area contributed by atoms with Crippen molar-refractivity contribution in [3.05, 3.63) is 35.9 Å². The topological polar surface area (TPSA) is 64.6 Å². The number of fused-ring (bicyclic) bond motifs is 1. The van der Waals surface area contributed by atoms with E-state index in [2.05, 4.69) is 5.32 Å². The van der Waals surface area contributed by atoms with Crippen LogP contribution >= 0.6 is 0 Å². The zero-order valence-corrected chi connectivity index (χ0v) is 18.5. The molecule has 1 N–H and O–H groups in total. The van der Waals surface area contributed by atoms with Crippen LogP contribution in [0.15, 0.2) is 30.3 Å². The van der Waals surface area contributed by atoms with Crippen LogP contribution in [0, 0.1) is 17.8 Å². The first-order valence-corrected chi connectivity index (χ1v) is 11.5. The van der Waals surface area contributed by atoms with Crippen molar-refractivity contribution < 1.29 is 19.1 Å². The van der Waals surface area contributed by atoms with Gasteiger partial charge in [-0.15, -0.1) is 0 Å². The molecule has 1 amide bonds. The smallest absolute Gasteiger partial charge is 0.408 e. The fourth-order valence-corrected chi connectivity index (χ4v) is 6.01. The van der Waals surface area contributed by atoms with Crippen LogP contribution in [-0.4, -0.2) is 29.3 Å². The highest BCUT2D eigenvalue weighted by Crippen LogP contribution is 2.54. The van der Waals surface area contributed by atoms with Crippen LogP contribution in [0.5, 0.6) is 0 Å². The summed E-state index contributed by atoms with van der Waals surface area (Å²) < 4.78 is 11.7. The van der Waals surface area contributed by atoms with Crippen molar-refractivity contribution in [1.82, 2.24) is 5.32 Å². The standard InChI is InChI=1S/C25H35NO4/c1-24(2,3)30-23(28)26-21(13-17-7-5-4-6-8-17)22(27)29-25-14-18-9-10-19(15-25)12-20(11-18)16-25/h4-8,18-21H,9-16H2,1-3H3,(H,26,28). The second-order valence-corrected chi connectivity index (χ2v) is 10.8. The van der Waals surface area contributed by atoms with Gasteiger partial charge < -0.3 is 14.8 Å². The molecule has 30 heavy (non-hydrogen) atoms. The lowest BCUT2D eigenvalue weighted by Gasteiger charge is -2.47. The molecule has 0 spiro atoms. The van der Waals surface area contributed by atoms with Crippen LogP contribution in [0.1, 0.15) is 71.3 Å². The molecule has 0 radical (unpaired) electrons. The molecule has 4 bridgehead atoms. The van der Waals surface area contributed by atoms with Crippen molar-refractivity contribution in [3.8, 4) is 0 Å². The third-order valence-electron chi connectivity index (χ3n) is 6.87. The predicted octanol–water partition coefficient (Wildman–Crippen LogP) is 5.02. The van der Waals surface area contributed by atoms with Gasteiger partial charge >= 0.3 is 12.1 Å². The number of rotatable bonds is 5. The quantitative estimate of drug-likeness (QED) is 0.688. The number of alkyl carbamates (subject to hydrolysis) is 1. The number of carbonyl (C=O) groups is 2. The van der Waals surface area contributed by atoms with Crippen molar-refractivity contribution >= 4 is 12.1 Å². The summed E-state index contributed by atoms with van der Waals surface area (Å²) in [6, 6.07) is 9.00. The Labute approximate surface area is 179 Å². The largest absolute Gasteiger partial charge is 0.458 e. The maximum absolute atomic E-state index is 13.4. The van der Waals surface area contributed by atoms with Crippen molar-refractivity contribution in [3.63, 3.8) is 0 Å². The Balaban J connectivity index is 1.49. The second kappa shape index (κ2) is 8.24. The van der Waals surface area contributed by atoms with Gasteiger partial charge in [0.1, 0.15) is 17.2 Å². The van der Waals surface area contributed by atoms with E-state index in [0.717, 1.165) is 24.8 Å². The Bertz CT molecular complexity index is 753. The number of esters is 1. The van der Waals surface area contributed by atoms with E-state index in [1.807, 2.05) is 51.1 Å². The lowest BCUT2D eigenvalue weighted by Crippen LogP contribution is -2.52. The Morgan fingerprint density at radius 3 is 2.23 bits per heavy atom. The number of amides is 1. The summed E-state index contributed by atoms with van der Waals surface area (Å²) in [5, 5.41) is 2.78. The van der Waals surface area contributed by atoms with Crippen LogP contribution in [0.25, 0.3) is 0 Å². The molecule has 3 unspecified atom stereocenters. The first kappa shape index (κ1) is 21.2. The maximum atomic E-state index is 13.4. The highest BCUT2D eigenvalue weighted by Gasteiger charge is 2.51. The van der Waals surface area contributed by atoms with Crippen LogP contribution < -0.4 is 5.32 Å². The molecule has 164 valence electrons. The molecule has 0 heterocycles. The van der Waals surface area contributed by atoms with Gasteiger partial charge in [-0.3, -0.25) is 0 Å². The van der Waals surface area contributed by atoms with Crippen LogP contribution in [-0.2, 0) is 20.7 Å². The molecular weight excluding hydrogens is 378 g/mol. The minimum absolute atomic E-state index is 0.327. The predicted molar refractivity (Wildman–Crippen MR) is 115 cm³/mol. The van der Waals surface area contributed by atoms with Crippen LogP contribution in [0.4, 0.5) is 4.79 Å². The summed E-state index contributed by atoms with van der Waals surface area (Å²) in [4.78, 5) is 25.8. The van der Waals surface area contributed by atoms with Gasteiger partial charge in [0, 0.05) is 6.42 Å². The molecule has 3 atom stereocenters. The fraction of sp³-hybridized carbons (Fsp3) is 0.680. The van der Waals surface area contributed by atoms with Crippen molar-refractivity contribution in [2.24, 2.45) is 17.8 Å². The number of nitrogens with one attached hydrogen (secondary N) is 1. The minimum Gasteiger partial charge on any atom is -0.458 e. The van der Waals surface area contributed by atoms with Crippen molar-refractivity contribution in [1.29, 1.82) is 0 Å². The molecule has 4 aliphatic carbocycles. The lowest BCUT2D eigenvalue weighted by atomic mass is 9.65. The number of benzene rings is 1. The summed E-state index contributed by atoms with van der Waals surface area (Å²) in [5.41, 5.74) is 0.0239. The fourth-order valence-electron chi connectivity index (χ4n) is 6.01. The van der Waals surface area contributed by atoms with Gasteiger partial charge in [0.05, 0.1) is 0 Å². The van der Waals surface area contributed by atoms with Gasteiger partial charge in [0.25, 0.3) is 0 Å². The molecule has 0 aromatic heterocycles. The highest BCUT2D eigenvalue weighted by atomic mass is 16.6. The maximum Gasteiger partial charge on any atom is 0.408 e. The molecule has 1 aromatic carbocycles. The van der Waals surface area contributed by atoms with E-state index in [1.165, 1.54) is 25.7 Å². The second-order valence-electron chi connectivity index (χ2n) is 10.8. The first-order valence-electron chi connectivity index (χ1n) is 11.5. The lowest BCUT2D eigenvalue weighted by molar-refractivity contribution is -0.176. The van der Waals surface area contributed by atoms with Gasteiger partial charge in [-0.2, -0.15) is 0 Å². The molecule has 0 aliphatic heterocycles. The number of ether oxygens (including phenoxy) is 2. The van der Waals surface area contributed by atoms with Gasteiger partial charge in [-0.05, 0) is 76.2 Å². The molecular formula is C25H35NO4. The van der Waals surface area contributed by atoms with E-state index in [0.29, 0.717) is 24.2 Å². The third kappa shape index (κ3) is 5.16. The average molecular weight is 414 g/mol. The summed E-state index contributed by atoms with van der Waals surface area (Å²) in [7, 11) is 0.